The van der Waals surface area contributed by atoms with Gasteiger partial charge >= 0.3 is 0 Å². The molecule has 1 amide bonds. The Morgan fingerprint density at radius 1 is 1.06 bits per heavy atom. The van der Waals surface area contributed by atoms with Crippen LogP contribution in [-0.2, 0) is 11.3 Å². The number of nitrogens with one attached hydrogen (secondary N) is 1. The van der Waals surface area contributed by atoms with Crippen LogP contribution in [0.5, 0.6) is 0 Å². The molecule has 0 spiro atoms. The summed E-state index contributed by atoms with van der Waals surface area (Å²) >= 11 is 0. The second-order valence-corrected chi connectivity index (χ2v) is 7.22. The van der Waals surface area contributed by atoms with E-state index in [0.29, 0.717) is 33.5 Å². The molecule has 0 unspecified atom stereocenters. The Bertz CT molecular complexity index is 1510. The highest BCUT2D eigenvalue weighted by atomic mass is 19.1. The number of nitrogens with zero attached hydrogens (tertiary/aromatic N) is 4. The third-order valence-corrected chi connectivity index (χ3v) is 5.02. The first-order chi connectivity index (χ1) is 16.1. The summed E-state index contributed by atoms with van der Waals surface area (Å²) in [6.07, 6.45) is 3.26. The van der Waals surface area contributed by atoms with E-state index in [0.717, 1.165) is 0 Å². The summed E-state index contributed by atoms with van der Waals surface area (Å²) in [6, 6.07) is 17.5. The fraction of sp³-hybridized carbons (Fsp3) is 0.0417. The quantitative estimate of drug-likeness (QED) is 0.444. The predicted octanol–water partition coefficient (Wildman–Crippen LogP) is 3.89. The first kappa shape index (κ1) is 20.3. The number of rotatable bonds is 5. The molecule has 1 N–H and O–H groups in total. The van der Waals surface area contributed by atoms with Crippen molar-refractivity contribution in [1.82, 2.24) is 19.7 Å². The fourth-order valence-electron chi connectivity index (χ4n) is 3.50. The Balaban J connectivity index is 1.50. The summed E-state index contributed by atoms with van der Waals surface area (Å²) in [4.78, 5) is 34.0. The lowest BCUT2D eigenvalue weighted by Crippen LogP contribution is -2.27. The van der Waals surface area contributed by atoms with Crippen LogP contribution in [-0.4, -0.2) is 25.6 Å². The molecule has 0 aliphatic heterocycles. The molecule has 0 aliphatic carbocycles. The number of hydrogen-bond donors (Lipinski definition) is 1. The Morgan fingerprint density at radius 3 is 2.67 bits per heavy atom. The summed E-state index contributed by atoms with van der Waals surface area (Å²) in [5.41, 5.74) is 1.72. The molecule has 2 aromatic carbocycles. The average Bonchev–Trinajstić information content (AvgIpc) is 3.33. The number of benzene rings is 2. The van der Waals surface area contributed by atoms with Crippen LogP contribution in [0.3, 0.4) is 0 Å². The van der Waals surface area contributed by atoms with E-state index >= 15 is 0 Å². The van der Waals surface area contributed by atoms with Crippen molar-refractivity contribution in [2.24, 2.45) is 0 Å². The lowest BCUT2D eigenvalue weighted by molar-refractivity contribution is -0.116. The third kappa shape index (κ3) is 4.11. The van der Waals surface area contributed by atoms with Crippen molar-refractivity contribution >= 4 is 22.5 Å². The largest absolute Gasteiger partial charge is 0.334 e. The highest BCUT2D eigenvalue weighted by Gasteiger charge is 2.18. The van der Waals surface area contributed by atoms with Crippen LogP contribution >= 0.6 is 0 Å². The zero-order valence-electron chi connectivity index (χ0n) is 17.1. The number of para-hydroxylation sites is 1. The maximum atomic E-state index is 13.1. The van der Waals surface area contributed by atoms with E-state index in [1.54, 1.807) is 36.7 Å². The van der Waals surface area contributed by atoms with Crippen LogP contribution in [0.15, 0.2) is 88.4 Å². The topological polar surface area (TPSA) is 103 Å². The number of halogens is 1. The molecule has 162 valence electrons. The van der Waals surface area contributed by atoms with Gasteiger partial charge in [-0.2, -0.15) is 4.98 Å². The van der Waals surface area contributed by atoms with Crippen molar-refractivity contribution in [3.8, 4) is 22.8 Å². The molecule has 8 nitrogen and oxygen atoms in total. The highest BCUT2D eigenvalue weighted by Crippen LogP contribution is 2.27. The van der Waals surface area contributed by atoms with Gasteiger partial charge in [0, 0.05) is 35.1 Å². The van der Waals surface area contributed by atoms with Gasteiger partial charge in [-0.3, -0.25) is 19.1 Å². The normalized spacial score (nSPS) is 10.9. The van der Waals surface area contributed by atoms with Gasteiger partial charge in [-0.1, -0.05) is 23.4 Å². The predicted molar refractivity (Wildman–Crippen MR) is 120 cm³/mol. The van der Waals surface area contributed by atoms with Crippen LogP contribution in [0.2, 0.25) is 0 Å². The molecule has 0 radical (unpaired) electrons. The number of carbonyl (C=O) groups is 1. The van der Waals surface area contributed by atoms with Gasteiger partial charge in [0.2, 0.25) is 11.7 Å². The molecular formula is C24H16FN5O3. The van der Waals surface area contributed by atoms with E-state index in [-0.39, 0.29) is 12.4 Å². The molecule has 0 saturated heterocycles. The minimum absolute atomic E-state index is 0.185. The van der Waals surface area contributed by atoms with Gasteiger partial charge in [-0.05, 0) is 42.5 Å². The minimum Gasteiger partial charge on any atom is -0.334 e. The maximum Gasteiger partial charge on any atom is 0.259 e. The van der Waals surface area contributed by atoms with E-state index in [4.69, 9.17) is 4.52 Å². The van der Waals surface area contributed by atoms with E-state index in [9.17, 15) is 14.0 Å². The van der Waals surface area contributed by atoms with Gasteiger partial charge in [0.05, 0.1) is 11.1 Å². The van der Waals surface area contributed by atoms with E-state index in [2.05, 4.69) is 20.4 Å². The van der Waals surface area contributed by atoms with Crippen LogP contribution < -0.4 is 10.9 Å². The summed E-state index contributed by atoms with van der Waals surface area (Å²) in [6.45, 7) is -0.220. The number of amides is 1. The van der Waals surface area contributed by atoms with Crippen molar-refractivity contribution in [2.45, 2.75) is 6.54 Å². The molecule has 0 atom stereocenters. The van der Waals surface area contributed by atoms with Crippen molar-refractivity contribution in [3.63, 3.8) is 0 Å². The average molecular weight is 441 g/mol. The Morgan fingerprint density at radius 2 is 1.88 bits per heavy atom. The second-order valence-electron chi connectivity index (χ2n) is 7.22. The number of carbonyl (C=O) groups excluding carboxylic acids is 1. The molecular weight excluding hydrogens is 425 g/mol. The van der Waals surface area contributed by atoms with Gasteiger partial charge in [-0.25, -0.2) is 4.39 Å². The molecule has 5 aromatic rings. The van der Waals surface area contributed by atoms with Crippen LogP contribution in [0, 0.1) is 5.82 Å². The molecule has 3 heterocycles. The summed E-state index contributed by atoms with van der Waals surface area (Å²) < 4.78 is 19.9. The summed E-state index contributed by atoms with van der Waals surface area (Å²) in [7, 11) is 0. The Hall–Kier alpha value is -4.66. The number of hydrogen-bond acceptors (Lipinski definition) is 6. The SMILES string of the molecule is O=C(Cn1c(=O)cc(-c2nc(-c3cccnc3)no2)c2ccccc21)Nc1ccc(F)cc1. The Kier molecular flexibility index (Phi) is 5.19. The standard InChI is InChI=1S/C24H16FN5O3/c25-16-7-9-17(10-8-16)27-21(31)14-30-20-6-2-1-5-18(20)19(12-22(30)32)24-28-23(29-33-24)15-4-3-11-26-13-15/h1-13H,14H2,(H,27,31). The van der Waals surface area contributed by atoms with Gasteiger partial charge in [0.15, 0.2) is 0 Å². The number of aromatic nitrogens is 4. The first-order valence-corrected chi connectivity index (χ1v) is 10.0. The molecule has 0 bridgehead atoms. The van der Waals surface area contributed by atoms with Crippen LogP contribution in [0.1, 0.15) is 0 Å². The number of fused-ring (bicyclic) bond motifs is 1. The molecule has 33 heavy (non-hydrogen) atoms. The van der Waals surface area contributed by atoms with E-state index < -0.39 is 17.3 Å². The highest BCUT2D eigenvalue weighted by molar-refractivity contribution is 5.95. The van der Waals surface area contributed by atoms with Crippen molar-refractivity contribution in [1.29, 1.82) is 0 Å². The lowest BCUT2D eigenvalue weighted by Gasteiger charge is -2.12. The van der Waals surface area contributed by atoms with Crippen LogP contribution in [0.4, 0.5) is 10.1 Å². The molecule has 9 heteroatoms. The fourth-order valence-corrected chi connectivity index (χ4v) is 3.50. The second kappa shape index (κ2) is 8.46. The van der Waals surface area contributed by atoms with Crippen molar-refractivity contribution in [2.75, 3.05) is 5.32 Å². The number of anilines is 1. The minimum atomic E-state index is -0.418. The van der Waals surface area contributed by atoms with E-state index in [1.807, 2.05) is 12.1 Å². The summed E-state index contributed by atoms with van der Waals surface area (Å²) in [5, 5.41) is 7.34. The first-order valence-electron chi connectivity index (χ1n) is 10.0. The van der Waals surface area contributed by atoms with Crippen molar-refractivity contribution in [3.05, 3.63) is 95.3 Å². The van der Waals surface area contributed by atoms with Gasteiger partial charge < -0.3 is 9.84 Å². The maximum absolute atomic E-state index is 13.1. The van der Waals surface area contributed by atoms with E-state index in [1.165, 1.54) is 34.9 Å². The zero-order valence-corrected chi connectivity index (χ0v) is 17.1. The third-order valence-electron chi connectivity index (χ3n) is 5.02. The molecule has 3 aromatic heterocycles. The van der Waals surface area contributed by atoms with Gasteiger partial charge in [0.1, 0.15) is 12.4 Å². The number of pyridine rings is 2. The molecule has 0 saturated carbocycles. The monoisotopic (exact) mass is 441 g/mol. The Labute approximate surface area is 186 Å². The molecule has 0 aliphatic rings. The lowest BCUT2D eigenvalue weighted by atomic mass is 10.1. The van der Waals surface area contributed by atoms with Crippen molar-refractivity contribution < 1.29 is 13.7 Å². The zero-order chi connectivity index (χ0) is 22.8. The van der Waals surface area contributed by atoms with Gasteiger partial charge in [-0.15, -0.1) is 0 Å². The van der Waals surface area contributed by atoms with Crippen LogP contribution in [0.25, 0.3) is 33.7 Å². The molecule has 5 rings (SSSR count). The molecule has 0 fully saturated rings. The smallest absolute Gasteiger partial charge is 0.259 e. The summed E-state index contributed by atoms with van der Waals surface area (Å²) in [5.74, 6) is -0.285. The van der Waals surface area contributed by atoms with Gasteiger partial charge in [0.25, 0.3) is 11.4 Å².